The van der Waals surface area contributed by atoms with Gasteiger partial charge >= 0.3 is 58.4 Å². The first-order chi connectivity index (χ1) is 6.56. The molecule has 1 saturated carbocycles. The van der Waals surface area contributed by atoms with E-state index < -0.39 is 13.4 Å². The monoisotopic (exact) mass is 245 g/mol. The number of rotatable bonds is 2. The Morgan fingerprint density at radius 2 is 1.73 bits per heavy atom. The minimum Gasteiger partial charge on any atom is -0.448 e. The van der Waals surface area contributed by atoms with E-state index in [1.165, 1.54) is 6.42 Å². The molecule has 82 valence electrons. The van der Waals surface area contributed by atoms with Crippen molar-refractivity contribution in [3.8, 4) is 0 Å². The van der Waals surface area contributed by atoms with Gasteiger partial charge in [-0.1, -0.05) is 12.8 Å². The summed E-state index contributed by atoms with van der Waals surface area (Å²) in [6.45, 7) is -3.97. The zero-order valence-corrected chi connectivity index (χ0v) is 12.4. The number of nitrogens with zero attached hydrogens (tertiary/aromatic N) is 1. The zero-order valence-electron chi connectivity index (χ0n) is 9.26. The van der Waals surface area contributed by atoms with Gasteiger partial charge in [-0.2, -0.15) is 0 Å². The van der Waals surface area contributed by atoms with Gasteiger partial charge in [0.15, 0.2) is 0 Å². The van der Waals surface area contributed by atoms with Crippen LogP contribution in [0.25, 0.3) is 0 Å². The van der Waals surface area contributed by atoms with Crippen molar-refractivity contribution in [3.05, 3.63) is 0 Å². The molecule has 0 unspecified atom stereocenters. The second-order valence-corrected chi connectivity index (χ2v) is 4.61. The SMILES string of the molecule is F[B-](F)(F)CN1CC[C@@H]2CCCC[C@@H]21.[K+]. The maximum absolute atomic E-state index is 12.3. The van der Waals surface area contributed by atoms with Crippen molar-refractivity contribution in [1.82, 2.24) is 4.90 Å². The van der Waals surface area contributed by atoms with Crippen LogP contribution < -0.4 is 51.4 Å². The van der Waals surface area contributed by atoms with Crippen LogP contribution in [0.15, 0.2) is 0 Å². The fourth-order valence-corrected chi connectivity index (χ4v) is 3.00. The van der Waals surface area contributed by atoms with Crippen LogP contribution in [0.5, 0.6) is 0 Å². The summed E-state index contributed by atoms with van der Waals surface area (Å²) in [4.78, 5) is 1.67. The fourth-order valence-electron chi connectivity index (χ4n) is 3.00. The number of hydrogen-bond acceptors (Lipinski definition) is 1. The van der Waals surface area contributed by atoms with Crippen molar-refractivity contribution in [2.75, 3.05) is 13.0 Å². The third-order valence-electron chi connectivity index (χ3n) is 3.57. The topological polar surface area (TPSA) is 3.24 Å². The molecule has 0 N–H and O–H groups in total. The average molecular weight is 245 g/mol. The minimum absolute atomic E-state index is 0. The van der Waals surface area contributed by atoms with Crippen LogP contribution in [0.1, 0.15) is 32.1 Å². The van der Waals surface area contributed by atoms with Crippen molar-refractivity contribution in [2.24, 2.45) is 5.92 Å². The summed E-state index contributed by atoms with van der Waals surface area (Å²) in [5.74, 6) is 0.557. The average Bonchev–Trinajstić information content (AvgIpc) is 2.47. The first-order valence-electron chi connectivity index (χ1n) is 5.51. The van der Waals surface area contributed by atoms with E-state index >= 15 is 0 Å². The van der Waals surface area contributed by atoms with E-state index in [2.05, 4.69) is 0 Å². The molecule has 0 aromatic rings. The van der Waals surface area contributed by atoms with Gasteiger partial charge in [-0.05, 0) is 38.2 Å². The van der Waals surface area contributed by atoms with E-state index in [1.54, 1.807) is 4.90 Å². The Morgan fingerprint density at radius 1 is 1.07 bits per heavy atom. The molecule has 1 aliphatic heterocycles. The van der Waals surface area contributed by atoms with Crippen LogP contribution >= 0.6 is 0 Å². The predicted molar refractivity (Wildman–Crippen MR) is 51.0 cm³/mol. The van der Waals surface area contributed by atoms with Gasteiger partial charge in [0.2, 0.25) is 0 Å². The van der Waals surface area contributed by atoms with Crippen LogP contribution in [0, 0.1) is 5.92 Å². The quantitative estimate of drug-likeness (QED) is 0.601. The number of hydrogen-bond donors (Lipinski definition) is 0. The molecule has 2 fully saturated rings. The molecule has 0 aromatic carbocycles. The van der Waals surface area contributed by atoms with Crippen LogP contribution in [-0.2, 0) is 0 Å². The molecule has 1 nitrogen and oxygen atoms in total. The molecule has 2 rings (SSSR count). The van der Waals surface area contributed by atoms with Gasteiger partial charge < -0.3 is 17.8 Å². The van der Waals surface area contributed by atoms with Crippen LogP contribution in [-0.4, -0.2) is 30.9 Å². The molecule has 0 bridgehead atoms. The molecule has 0 radical (unpaired) electrons. The molecule has 6 heteroatoms. The standard InChI is InChI=1S/C9H16BF3N.K/c11-10(12,13)7-14-6-5-8-3-1-2-4-9(8)14;/h8-9H,1-7H2;/q-1;+1/t8-,9-;/m0./s1. The summed E-state index contributed by atoms with van der Waals surface area (Å²) >= 11 is 0. The van der Waals surface area contributed by atoms with Crippen molar-refractivity contribution in [2.45, 2.75) is 38.1 Å². The Morgan fingerprint density at radius 3 is 2.40 bits per heavy atom. The van der Waals surface area contributed by atoms with Crippen molar-refractivity contribution >= 4 is 6.98 Å². The predicted octanol–water partition coefficient (Wildman–Crippen LogP) is -0.358. The molecule has 0 spiro atoms. The first-order valence-corrected chi connectivity index (χ1v) is 5.51. The van der Waals surface area contributed by atoms with E-state index in [9.17, 15) is 12.9 Å². The summed E-state index contributed by atoms with van der Waals surface area (Å²) in [7, 11) is 0. The summed E-state index contributed by atoms with van der Waals surface area (Å²) < 4.78 is 36.9. The minimum atomic E-state index is -4.63. The molecule has 1 saturated heterocycles. The molecular weight excluding hydrogens is 229 g/mol. The number of likely N-dealkylation sites (tertiary alicyclic amines) is 1. The second-order valence-electron chi connectivity index (χ2n) is 4.61. The Labute approximate surface area is 132 Å². The van der Waals surface area contributed by atoms with Gasteiger partial charge in [-0.3, -0.25) is 0 Å². The summed E-state index contributed by atoms with van der Waals surface area (Å²) in [5.41, 5.74) is 0. The Bertz CT molecular complexity index is 212. The fraction of sp³-hybridized carbons (Fsp3) is 1.00. The Hall–Kier alpha value is 1.45. The van der Waals surface area contributed by atoms with E-state index in [4.69, 9.17) is 0 Å². The molecule has 2 atom stereocenters. The summed E-state index contributed by atoms with van der Waals surface area (Å²) in [6, 6.07) is 0.243. The van der Waals surface area contributed by atoms with Gasteiger partial charge in [0.1, 0.15) is 0 Å². The van der Waals surface area contributed by atoms with Crippen molar-refractivity contribution < 1.29 is 64.3 Å². The van der Waals surface area contributed by atoms with Crippen molar-refractivity contribution in [1.29, 1.82) is 0 Å². The number of halogens is 3. The van der Waals surface area contributed by atoms with E-state index in [-0.39, 0.29) is 57.4 Å². The molecule has 0 aromatic heterocycles. The van der Waals surface area contributed by atoms with E-state index in [0.717, 1.165) is 25.7 Å². The van der Waals surface area contributed by atoms with Gasteiger partial charge in [0, 0.05) is 6.04 Å². The Balaban J connectivity index is 0.00000112. The molecule has 0 amide bonds. The van der Waals surface area contributed by atoms with Crippen molar-refractivity contribution in [3.63, 3.8) is 0 Å². The van der Waals surface area contributed by atoms with Gasteiger partial charge in [0.25, 0.3) is 0 Å². The first kappa shape index (κ1) is 14.5. The van der Waals surface area contributed by atoms with Crippen LogP contribution in [0.2, 0.25) is 0 Å². The van der Waals surface area contributed by atoms with Crippen LogP contribution in [0.4, 0.5) is 12.9 Å². The molecule has 1 aliphatic carbocycles. The number of fused-ring (bicyclic) bond motifs is 1. The van der Waals surface area contributed by atoms with Gasteiger partial charge in [0.05, 0.1) is 0 Å². The third-order valence-corrected chi connectivity index (χ3v) is 3.57. The van der Waals surface area contributed by atoms with Gasteiger partial charge in [-0.25, -0.2) is 0 Å². The normalized spacial score (nSPS) is 32.2. The maximum Gasteiger partial charge on any atom is 1.00 e. The molecule has 1 heterocycles. The van der Waals surface area contributed by atoms with Crippen LogP contribution in [0.3, 0.4) is 0 Å². The molecular formula is C9H16BF3KN. The maximum atomic E-state index is 12.3. The molecule has 2 aliphatic rings. The molecule has 15 heavy (non-hydrogen) atoms. The summed E-state index contributed by atoms with van der Waals surface area (Å²) in [5, 5.41) is 0. The summed E-state index contributed by atoms with van der Waals surface area (Å²) in [6.07, 6.45) is 4.80. The largest absolute Gasteiger partial charge is 1.00 e. The van der Waals surface area contributed by atoms with E-state index in [1.807, 2.05) is 0 Å². The van der Waals surface area contributed by atoms with Gasteiger partial charge in [-0.15, -0.1) is 0 Å². The Kier molecular flexibility index (Phi) is 5.68. The third kappa shape index (κ3) is 4.00. The smallest absolute Gasteiger partial charge is 0.448 e. The second kappa shape index (κ2) is 5.87. The zero-order chi connectivity index (χ0) is 10.2. The van der Waals surface area contributed by atoms with E-state index in [0.29, 0.717) is 12.5 Å².